The Morgan fingerprint density at radius 3 is 3.00 bits per heavy atom. The van der Waals surface area contributed by atoms with Gasteiger partial charge >= 0.3 is 0 Å². The summed E-state index contributed by atoms with van der Waals surface area (Å²) >= 11 is 0. The second-order valence-electron chi connectivity index (χ2n) is 4.54. The van der Waals surface area contributed by atoms with Gasteiger partial charge in [-0.15, -0.1) is 0 Å². The van der Waals surface area contributed by atoms with Crippen LogP contribution in [-0.2, 0) is 16.0 Å². The highest BCUT2D eigenvalue weighted by Crippen LogP contribution is 2.27. The van der Waals surface area contributed by atoms with Gasteiger partial charge in [0.25, 0.3) is 0 Å². The summed E-state index contributed by atoms with van der Waals surface area (Å²) in [5.74, 6) is -0.0512. The molecule has 1 aromatic carbocycles. The lowest BCUT2D eigenvalue weighted by Crippen LogP contribution is -2.31. The summed E-state index contributed by atoms with van der Waals surface area (Å²) in [4.78, 5) is 23.3. The minimum absolute atomic E-state index is 0.0177. The number of benzene rings is 1. The van der Waals surface area contributed by atoms with E-state index in [-0.39, 0.29) is 17.7 Å². The first-order valence-electron chi connectivity index (χ1n) is 6.36. The first kappa shape index (κ1) is 12.6. The lowest BCUT2D eigenvalue weighted by molar-refractivity contribution is -0.122. The van der Waals surface area contributed by atoms with Crippen LogP contribution in [0, 0.1) is 5.92 Å². The van der Waals surface area contributed by atoms with Gasteiger partial charge < -0.3 is 10.6 Å². The molecule has 4 heteroatoms. The smallest absolute Gasteiger partial charge is 0.227 e. The van der Waals surface area contributed by atoms with E-state index in [9.17, 15) is 9.59 Å². The Morgan fingerprint density at radius 1 is 1.44 bits per heavy atom. The average molecular weight is 246 g/mol. The highest BCUT2D eigenvalue weighted by molar-refractivity contribution is 5.95. The number of para-hydroxylation sites is 1. The predicted octanol–water partition coefficient (Wildman–Crippen LogP) is 1.71. The molecule has 0 spiro atoms. The normalized spacial score (nSPS) is 17.8. The molecule has 0 radical (unpaired) electrons. The summed E-state index contributed by atoms with van der Waals surface area (Å²) in [6.45, 7) is 2.53. The summed E-state index contributed by atoms with van der Waals surface area (Å²) in [6, 6.07) is 7.81. The molecule has 1 atom stereocenters. The van der Waals surface area contributed by atoms with Crippen LogP contribution in [0.5, 0.6) is 0 Å². The lowest BCUT2D eigenvalue weighted by atomic mass is 9.89. The van der Waals surface area contributed by atoms with Crippen LogP contribution in [0.1, 0.15) is 25.3 Å². The number of anilines is 1. The summed E-state index contributed by atoms with van der Waals surface area (Å²) < 4.78 is 0. The molecular formula is C14H18N2O2. The molecule has 2 amide bonds. The second-order valence-corrected chi connectivity index (χ2v) is 4.54. The van der Waals surface area contributed by atoms with E-state index in [4.69, 9.17) is 0 Å². The number of carbonyl (C=O) groups is 2. The van der Waals surface area contributed by atoms with E-state index < -0.39 is 0 Å². The van der Waals surface area contributed by atoms with Crippen LogP contribution in [0.4, 0.5) is 5.69 Å². The Morgan fingerprint density at radius 2 is 2.22 bits per heavy atom. The van der Waals surface area contributed by atoms with Gasteiger partial charge in [0.1, 0.15) is 0 Å². The fourth-order valence-electron chi connectivity index (χ4n) is 2.24. The van der Waals surface area contributed by atoms with Gasteiger partial charge in [-0.25, -0.2) is 0 Å². The molecule has 2 N–H and O–H groups in total. The average Bonchev–Trinajstić information content (AvgIpc) is 2.36. The van der Waals surface area contributed by atoms with Crippen molar-refractivity contribution < 1.29 is 9.59 Å². The fraction of sp³-hybridized carbons (Fsp3) is 0.429. The summed E-state index contributed by atoms with van der Waals surface area (Å²) in [5, 5.41) is 5.64. The summed E-state index contributed by atoms with van der Waals surface area (Å²) in [5.41, 5.74) is 2.05. The van der Waals surface area contributed by atoms with Crippen LogP contribution >= 0.6 is 0 Å². The number of hydrogen-bond acceptors (Lipinski definition) is 2. The zero-order chi connectivity index (χ0) is 13.0. The number of fused-ring (bicyclic) bond motifs is 1. The predicted molar refractivity (Wildman–Crippen MR) is 70.2 cm³/mol. The van der Waals surface area contributed by atoms with Gasteiger partial charge in [0.05, 0.1) is 0 Å². The maximum Gasteiger partial charge on any atom is 0.227 e. The van der Waals surface area contributed by atoms with Crippen LogP contribution < -0.4 is 10.6 Å². The topological polar surface area (TPSA) is 58.2 Å². The molecule has 1 aliphatic heterocycles. The van der Waals surface area contributed by atoms with Crippen molar-refractivity contribution in [1.82, 2.24) is 5.32 Å². The Balaban J connectivity index is 1.95. The van der Waals surface area contributed by atoms with E-state index in [1.165, 1.54) is 0 Å². The third-order valence-electron chi connectivity index (χ3n) is 3.21. The molecule has 4 nitrogen and oxygen atoms in total. The van der Waals surface area contributed by atoms with Crippen LogP contribution in [0.15, 0.2) is 24.3 Å². The van der Waals surface area contributed by atoms with E-state index in [2.05, 4.69) is 10.6 Å². The largest absolute Gasteiger partial charge is 0.356 e. The van der Waals surface area contributed by atoms with Gasteiger partial charge in [-0.3, -0.25) is 9.59 Å². The van der Waals surface area contributed by atoms with Gasteiger partial charge in [0.2, 0.25) is 11.8 Å². The monoisotopic (exact) mass is 246 g/mol. The van der Waals surface area contributed by atoms with Gasteiger partial charge in [0.15, 0.2) is 0 Å². The van der Waals surface area contributed by atoms with Crippen LogP contribution in [0.25, 0.3) is 0 Å². The molecule has 0 saturated carbocycles. The third kappa shape index (κ3) is 2.88. The molecular weight excluding hydrogens is 228 g/mol. The van der Waals surface area contributed by atoms with Crippen molar-refractivity contribution in [3.63, 3.8) is 0 Å². The number of carbonyl (C=O) groups excluding carboxylic acids is 2. The quantitative estimate of drug-likeness (QED) is 0.849. The highest BCUT2D eigenvalue weighted by atomic mass is 16.2. The van der Waals surface area contributed by atoms with Crippen LogP contribution in [0.3, 0.4) is 0 Å². The number of amides is 2. The maximum absolute atomic E-state index is 11.9. The molecule has 0 aliphatic carbocycles. The fourth-order valence-corrected chi connectivity index (χ4v) is 2.24. The molecule has 0 fully saturated rings. The zero-order valence-corrected chi connectivity index (χ0v) is 10.5. The Labute approximate surface area is 107 Å². The highest BCUT2D eigenvalue weighted by Gasteiger charge is 2.25. The van der Waals surface area contributed by atoms with Crippen molar-refractivity contribution >= 4 is 17.5 Å². The lowest BCUT2D eigenvalue weighted by Gasteiger charge is -2.24. The zero-order valence-electron chi connectivity index (χ0n) is 10.5. The standard InChI is InChI=1S/C14H18N2O2/c1-2-15-13(17)8-7-11-9-10-5-3-4-6-12(10)16-14(11)18/h3-6,11H,2,7-9H2,1H3,(H,15,17)(H,16,18). The van der Waals surface area contributed by atoms with Crippen LogP contribution in [0.2, 0.25) is 0 Å². The van der Waals surface area contributed by atoms with E-state index in [0.717, 1.165) is 17.7 Å². The molecule has 0 saturated heterocycles. The molecule has 0 aromatic heterocycles. The van der Waals surface area contributed by atoms with Crippen LogP contribution in [-0.4, -0.2) is 18.4 Å². The number of nitrogens with one attached hydrogen (secondary N) is 2. The van der Waals surface area contributed by atoms with E-state index in [0.29, 0.717) is 19.4 Å². The van der Waals surface area contributed by atoms with Crippen molar-refractivity contribution in [1.29, 1.82) is 0 Å². The first-order chi connectivity index (χ1) is 8.70. The van der Waals surface area contributed by atoms with Crippen molar-refractivity contribution in [3.05, 3.63) is 29.8 Å². The van der Waals surface area contributed by atoms with Gasteiger partial charge in [-0.05, 0) is 31.4 Å². The van der Waals surface area contributed by atoms with Crippen molar-refractivity contribution in [2.45, 2.75) is 26.2 Å². The second kappa shape index (κ2) is 5.67. The minimum atomic E-state index is -0.0949. The summed E-state index contributed by atoms with van der Waals surface area (Å²) in [7, 11) is 0. The molecule has 1 aromatic rings. The molecule has 96 valence electrons. The molecule has 18 heavy (non-hydrogen) atoms. The Bertz CT molecular complexity index is 457. The molecule has 0 bridgehead atoms. The third-order valence-corrected chi connectivity index (χ3v) is 3.21. The van der Waals surface area contributed by atoms with Crippen molar-refractivity contribution in [2.24, 2.45) is 5.92 Å². The van der Waals surface area contributed by atoms with Gasteiger partial charge in [-0.1, -0.05) is 18.2 Å². The number of hydrogen-bond donors (Lipinski definition) is 2. The minimum Gasteiger partial charge on any atom is -0.356 e. The summed E-state index contributed by atoms with van der Waals surface area (Å²) in [6.07, 6.45) is 1.74. The van der Waals surface area contributed by atoms with E-state index >= 15 is 0 Å². The van der Waals surface area contributed by atoms with Gasteiger partial charge in [-0.2, -0.15) is 0 Å². The van der Waals surface area contributed by atoms with Gasteiger partial charge in [0, 0.05) is 24.6 Å². The number of rotatable bonds is 4. The van der Waals surface area contributed by atoms with Crippen molar-refractivity contribution in [3.8, 4) is 0 Å². The molecule has 1 aliphatic rings. The first-order valence-corrected chi connectivity index (χ1v) is 6.36. The maximum atomic E-state index is 11.9. The van der Waals surface area contributed by atoms with Crippen molar-refractivity contribution in [2.75, 3.05) is 11.9 Å². The molecule has 2 rings (SSSR count). The van der Waals surface area contributed by atoms with E-state index in [1.807, 2.05) is 31.2 Å². The SMILES string of the molecule is CCNC(=O)CCC1Cc2ccccc2NC1=O. The molecule has 1 heterocycles. The van der Waals surface area contributed by atoms with E-state index in [1.54, 1.807) is 0 Å². The molecule has 1 unspecified atom stereocenters. The Hall–Kier alpha value is -1.84. The Kier molecular flexibility index (Phi) is 3.97.